The monoisotopic (exact) mass is 404 g/mol. The smallest absolute Gasteiger partial charge is 0.131 e. The molecule has 1 aliphatic heterocycles. The molecule has 0 radical (unpaired) electrons. The van der Waals surface area contributed by atoms with Crippen LogP contribution in [0.4, 0.5) is 10.1 Å². The Labute approximate surface area is 175 Å². The number of halogens is 1. The molecule has 1 saturated heterocycles. The lowest BCUT2D eigenvalue weighted by atomic mass is 9.98. The van der Waals surface area contributed by atoms with Crippen molar-refractivity contribution in [1.82, 2.24) is 10.0 Å². The summed E-state index contributed by atoms with van der Waals surface area (Å²) >= 11 is 0. The molecule has 5 rings (SSSR count). The Morgan fingerprint density at radius 1 is 1.17 bits per heavy atom. The molecule has 154 valence electrons. The Morgan fingerprint density at radius 2 is 2.07 bits per heavy atom. The molecule has 6 heteroatoms. The van der Waals surface area contributed by atoms with Gasteiger partial charge in [0, 0.05) is 54.9 Å². The zero-order valence-electron chi connectivity index (χ0n) is 16.8. The molecule has 30 heavy (non-hydrogen) atoms. The fourth-order valence-corrected chi connectivity index (χ4v) is 4.04. The Bertz CT molecular complexity index is 1080. The predicted molar refractivity (Wildman–Crippen MR) is 117 cm³/mol. The van der Waals surface area contributed by atoms with Gasteiger partial charge in [0.15, 0.2) is 0 Å². The van der Waals surface area contributed by atoms with E-state index in [9.17, 15) is 4.39 Å². The minimum absolute atomic E-state index is 0.290. The average Bonchev–Trinajstić information content (AvgIpc) is 3.48. The lowest BCUT2D eigenvalue weighted by molar-refractivity contribution is -0.155. The summed E-state index contributed by atoms with van der Waals surface area (Å²) in [6.07, 6.45) is 8.67. The molecule has 2 aliphatic rings. The van der Waals surface area contributed by atoms with E-state index < -0.39 is 0 Å². The van der Waals surface area contributed by atoms with Gasteiger partial charge >= 0.3 is 0 Å². The number of benzene rings is 2. The van der Waals surface area contributed by atoms with Crippen molar-refractivity contribution in [2.75, 3.05) is 25.0 Å². The van der Waals surface area contributed by atoms with Gasteiger partial charge in [0.2, 0.25) is 0 Å². The Balaban J connectivity index is 1.39. The average molecular weight is 404 g/mol. The molecule has 2 fully saturated rings. The number of hydrogen-bond acceptors (Lipinski definition) is 5. The highest BCUT2D eigenvalue weighted by Crippen LogP contribution is 2.32. The Morgan fingerprint density at radius 3 is 2.90 bits per heavy atom. The topological polar surface area (TPSA) is 61.2 Å². The maximum Gasteiger partial charge on any atom is 0.131 e. The summed E-state index contributed by atoms with van der Waals surface area (Å²) in [7, 11) is 0. The summed E-state index contributed by atoms with van der Waals surface area (Å²) in [5, 5.41) is 15.3. The summed E-state index contributed by atoms with van der Waals surface area (Å²) in [6, 6.07) is 11.1. The molecule has 3 aromatic rings. The van der Waals surface area contributed by atoms with Crippen molar-refractivity contribution >= 4 is 22.7 Å². The van der Waals surface area contributed by atoms with E-state index in [0.29, 0.717) is 17.6 Å². The summed E-state index contributed by atoms with van der Waals surface area (Å²) in [6.45, 7) is 2.82. The molecule has 5 nitrogen and oxygen atoms in total. The first kappa shape index (κ1) is 19.2. The second-order valence-electron chi connectivity index (χ2n) is 8.23. The minimum atomic E-state index is -0.378. The van der Waals surface area contributed by atoms with Crippen LogP contribution >= 0.6 is 0 Å². The molecule has 2 heterocycles. The lowest BCUT2D eigenvalue weighted by Crippen LogP contribution is -2.24. The van der Waals surface area contributed by atoms with Gasteiger partial charge in [-0.1, -0.05) is 6.07 Å². The van der Waals surface area contributed by atoms with Crippen molar-refractivity contribution in [1.29, 1.82) is 5.41 Å². The first-order valence-electron chi connectivity index (χ1n) is 10.5. The predicted octanol–water partition coefficient (Wildman–Crippen LogP) is 4.87. The van der Waals surface area contributed by atoms with Crippen LogP contribution < -0.4 is 5.32 Å². The first-order chi connectivity index (χ1) is 14.7. The van der Waals surface area contributed by atoms with Crippen molar-refractivity contribution in [2.24, 2.45) is 5.92 Å². The molecule has 1 unspecified atom stereocenters. The second kappa shape index (κ2) is 8.13. The highest BCUT2D eigenvalue weighted by atomic mass is 19.1. The summed E-state index contributed by atoms with van der Waals surface area (Å²) < 4.78 is 13.8. The van der Waals surface area contributed by atoms with Crippen LogP contribution in [0.3, 0.4) is 0 Å². The van der Waals surface area contributed by atoms with Gasteiger partial charge in [0.05, 0.1) is 6.10 Å². The Kier molecular flexibility index (Phi) is 5.19. The van der Waals surface area contributed by atoms with Gasteiger partial charge in [-0.2, -0.15) is 5.06 Å². The van der Waals surface area contributed by atoms with E-state index in [0.717, 1.165) is 59.9 Å². The summed E-state index contributed by atoms with van der Waals surface area (Å²) in [5.41, 5.74) is 3.20. The molecule has 1 aromatic heterocycles. The largest absolute Gasteiger partial charge is 0.384 e. The van der Waals surface area contributed by atoms with Crippen molar-refractivity contribution in [3.05, 3.63) is 60.2 Å². The zero-order chi connectivity index (χ0) is 20.5. The SMILES string of the molecule is N=Cc1cc(-c2cc(NCC3CCN(OC4CC4)C3)c3cnccc3c2)ccc1F. The number of nitrogens with zero attached hydrogens (tertiary/aromatic N) is 2. The maximum atomic E-state index is 13.8. The number of aromatic nitrogens is 1. The van der Waals surface area contributed by atoms with Crippen LogP contribution in [-0.4, -0.2) is 42.0 Å². The van der Waals surface area contributed by atoms with Crippen molar-refractivity contribution in [3.63, 3.8) is 0 Å². The quantitative estimate of drug-likeness (QED) is 0.552. The van der Waals surface area contributed by atoms with E-state index in [1.807, 2.05) is 12.3 Å². The zero-order valence-corrected chi connectivity index (χ0v) is 16.8. The van der Waals surface area contributed by atoms with Crippen LogP contribution in [0.2, 0.25) is 0 Å². The molecule has 1 aliphatic carbocycles. The van der Waals surface area contributed by atoms with E-state index >= 15 is 0 Å². The normalized spacial score (nSPS) is 19.3. The van der Waals surface area contributed by atoms with E-state index in [1.165, 1.54) is 18.9 Å². The first-order valence-corrected chi connectivity index (χ1v) is 10.5. The van der Waals surface area contributed by atoms with Gasteiger partial charge in [-0.05, 0) is 72.0 Å². The molecule has 2 aromatic carbocycles. The van der Waals surface area contributed by atoms with Gasteiger partial charge in [-0.3, -0.25) is 9.82 Å². The molecule has 1 saturated carbocycles. The third-order valence-electron chi connectivity index (χ3n) is 5.89. The number of nitrogens with one attached hydrogen (secondary N) is 2. The van der Waals surface area contributed by atoms with E-state index in [2.05, 4.69) is 27.5 Å². The third-order valence-corrected chi connectivity index (χ3v) is 5.89. The molecule has 2 N–H and O–H groups in total. The molecule has 0 amide bonds. The molecule has 0 spiro atoms. The third kappa shape index (κ3) is 4.06. The summed E-state index contributed by atoms with van der Waals surface area (Å²) in [4.78, 5) is 10.2. The van der Waals surface area contributed by atoms with Crippen LogP contribution in [0.5, 0.6) is 0 Å². The van der Waals surface area contributed by atoms with Gasteiger partial charge in [-0.15, -0.1) is 0 Å². The van der Waals surface area contributed by atoms with E-state index in [4.69, 9.17) is 10.2 Å². The van der Waals surface area contributed by atoms with Crippen LogP contribution in [0.25, 0.3) is 21.9 Å². The van der Waals surface area contributed by atoms with Crippen molar-refractivity contribution in [2.45, 2.75) is 25.4 Å². The van der Waals surface area contributed by atoms with E-state index in [1.54, 1.807) is 18.3 Å². The standard InChI is InChI=1S/C24H25FN4O/c25-23-4-1-17(9-20(23)12-26)19-10-18-5-7-27-14-22(18)24(11-19)28-13-16-6-8-29(15-16)30-21-2-3-21/h1,4-5,7,9-12,14,16,21,26,28H,2-3,6,8,13,15H2. The van der Waals surface area contributed by atoms with Gasteiger partial charge in [0.1, 0.15) is 5.82 Å². The van der Waals surface area contributed by atoms with Gasteiger partial charge in [-0.25, -0.2) is 4.39 Å². The minimum Gasteiger partial charge on any atom is -0.384 e. The molecule has 1 atom stereocenters. The molecule has 0 bridgehead atoms. The Hall–Kier alpha value is -2.83. The fraction of sp³-hybridized carbons (Fsp3) is 0.333. The van der Waals surface area contributed by atoms with Crippen molar-refractivity contribution < 1.29 is 9.23 Å². The number of hydrogen-bond donors (Lipinski definition) is 2. The lowest BCUT2D eigenvalue weighted by Gasteiger charge is -2.17. The van der Waals surface area contributed by atoms with Crippen LogP contribution in [0, 0.1) is 17.1 Å². The van der Waals surface area contributed by atoms with Crippen molar-refractivity contribution in [3.8, 4) is 11.1 Å². The van der Waals surface area contributed by atoms with Gasteiger partial charge < -0.3 is 10.7 Å². The molecular weight excluding hydrogens is 379 g/mol. The second-order valence-corrected chi connectivity index (χ2v) is 8.23. The maximum absolute atomic E-state index is 13.8. The molecular formula is C24H25FN4O. The fourth-order valence-electron chi connectivity index (χ4n) is 4.04. The summed E-state index contributed by atoms with van der Waals surface area (Å²) in [5.74, 6) is 0.158. The van der Waals surface area contributed by atoms with Crippen LogP contribution in [0.15, 0.2) is 48.8 Å². The highest BCUT2D eigenvalue weighted by Gasteiger charge is 2.30. The van der Waals surface area contributed by atoms with Crippen LogP contribution in [-0.2, 0) is 4.84 Å². The van der Waals surface area contributed by atoms with E-state index in [-0.39, 0.29) is 5.82 Å². The number of fused-ring (bicyclic) bond motifs is 1. The van der Waals surface area contributed by atoms with Crippen LogP contribution in [0.1, 0.15) is 24.8 Å². The van der Waals surface area contributed by atoms with Gasteiger partial charge in [0.25, 0.3) is 0 Å². The number of pyridine rings is 1. The highest BCUT2D eigenvalue weighted by molar-refractivity contribution is 5.97. The number of hydroxylamine groups is 2. The number of rotatable bonds is 7. The number of anilines is 1.